The van der Waals surface area contributed by atoms with Crippen LogP contribution in [-0.4, -0.2) is 20.7 Å². The number of nitrogens with zero attached hydrogens (tertiary/aromatic N) is 3. The fraction of sp³-hybridized carbons (Fsp3) is 0.160. The Hall–Kier alpha value is -3.93. The van der Waals surface area contributed by atoms with Gasteiger partial charge < -0.3 is 10.1 Å². The fourth-order valence-electron chi connectivity index (χ4n) is 3.52. The maximum absolute atomic E-state index is 12.8. The molecule has 1 N–H and O–H groups in total. The Labute approximate surface area is 181 Å². The molecular weight excluding hydrogens is 388 g/mol. The van der Waals surface area contributed by atoms with E-state index in [9.17, 15) is 4.79 Å². The van der Waals surface area contributed by atoms with Crippen LogP contribution in [0, 0.1) is 13.8 Å². The number of benzene rings is 2. The Kier molecular flexibility index (Phi) is 6.08. The van der Waals surface area contributed by atoms with Crippen LogP contribution in [0.25, 0.3) is 5.69 Å². The van der Waals surface area contributed by atoms with Crippen molar-refractivity contribution in [3.63, 3.8) is 0 Å². The minimum atomic E-state index is -0.125. The third-order valence-electron chi connectivity index (χ3n) is 5.01. The van der Waals surface area contributed by atoms with Crippen molar-refractivity contribution in [2.75, 3.05) is 0 Å². The number of pyridine rings is 1. The summed E-state index contributed by atoms with van der Waals surface area (Å²) in [6.07, 6.45) is 7.14. The van der Waals surface area contributed by atoms with Crippen molar-refractivity contribution in [2.24, 2.45) is 0 Å². The first-order valence-corrected chi connectivity index (χ1v) is 10.1. The molecule has 0 radical (unpaired) electrons. The second-order valence-electron chi connectivity index (χ2n) is 7.35. The number of aryl methyl sites for hydroxylation is 2. The van der Waals surface area contributed by atoms with Gasteiger partial charge in [-0.15, -0.1) is 0 Å². The van der Waals surface area contributed by atoms with E-state index in [2.05, 4.69) is 15.4 Å². The van der Waals surface area contributed by atoms with Gasteiger partial charge in [-0.2, -0.15) is 5.10 Å². The lowest BCUT2D eigenvalue weighted by atomic mass is 10.0. The van der Waals surface area contributed by atoms with Gasteiger partial charge in [-0.3, -0.25) is 9.78 Å². The summed E-state index contributed by atoms with van der Waals surface area (Å²) < 4.78 is 7.79. The normalized spacial score (nSPS) is 10.6. The summed E-state index contributed by atoms with van der Waals surface area (Å²) in [6.45, 7) is 4.75. The molecule has 0 unspecified atom stereocenters. The number of carbonyl (C=O) groups excluding carboxylic acids is 1. The molecule has 0 aliphatic heterocycles. The van der Waals surface area contributed by atoms with E-state index in [1.165, 1.54) is 0 Å². The zero-order valence-electron chi connectivity index (χ0n) is 17.6. The predicted octanol–water partition coefficient (Wildman–Crippen LogP) is 4.39. The number of aromatic nitrogens is 3. The van der Waals surface area contributed by atoms with Crippen LogP contribution in [0.4, 0.5) is 0 Å². The average molecular weight is 412 g/mol. The zero-order valence-corrected chi connectivity index (χ0v) is 17.6. The van der Waals surface area contributed by atoms with Crippen LogP contribution in [0.1, 0.15) is 32.6 Å². The molecule has 31 heavy (non-hydrogen) atoms. The highest BCUT2D eigenvalue weighted by atomic mass is 16.5. The van der Waals surface area contributed by atoms with E-state index in [1.807, 2.05) is 74.6 Å². The van der Waals surface area contributed by atoms with Crippen LogP contribution in [0.2, 0.25) is 0 Å². The minimum Gasteiger partial charge on any atom is -0.488 e. The molecule has 2 heterocycles. The Balaban J connectivity index is 1.45. The standard InChI is InChI=1S/C25H24N4O2/c1-18-13-22(14-19(2)24(18)31-17-20-7-5-10-26-15-20)25(30)27-16-21-8-3-4-9-23(21)29-12-6-11-28-29/h3-15H,16-17H2,1-2H3,(H,27,30). The van der Waals surface area contributed by atoms with E-state index >= 15 is 0 Å². The van der Waals surface area contributed by atoms with Gasteiger partial charge in [0, 0.05) is 42.5 Å². The van der Waals surface area contributed by atoms with Crippen molar-refractivity contribution >= 4 is 5.91 Å². The van der Waals surface area contributed by atoms with E-state index in [0.717, 1.165) is 33.7 Å². The van der Waals surface area contributed by atoms with Gasteiger partial charge in [0.2, 0.25) is 0 Å². The summed E-state index contributed by atoms with van der Waals surface area (Å²) in [5, 5.41) is 7.31. The molecule has 4 rings (SSSR count). The lowest BCUT2D eigenvalue weighted by Crippen LogP contribution is -2.24. The van der Waals surface area contributed by atoms with Gasteiger partial charge in [0.1, 0.15) is 12.4 Å². The van der Waals surface area contributed by atoms with E-state index in [1.54, 1.807) is 23.3 Å². The zero-order chi connectivity index (χ0) is 21.6. The Bertz CT molecular complexity index is 1150. The summed E-state index contributed by atoms with van der Waals surface area (Å²) in [7, 11) is 0. The SMILES string of the molecule is Cc1cc(C(=O)NCc2ccccc2-n2cccn2)cc(C)c1OCc1cccnc1. The molecule has 1 amide bonds. The maximum atomic E-state index is 12.8. The molecule has 6 nitrogen and oxygen atoms in total. The summed E-state index contributed by atoms with van der Waals surface area (Å²) in [5.74, 6) is 0.671. The van der Waals surface area contributed by atoms with E-state index < -0.39 is 0 Å². The summed E-state index contributed by atoms with van der Waals surface area (Å²) >= 11 is 0. The van der Waals surface area contributed by atoms with Crippen molar-refractivity contribution in [2.45, 2.75) is 27.0 Å². The van der Waals surface area contributed by atoms with Crippen LogP contribution >= 0.6 is 0 Å². The first-order valence-electron chi connectivity index (χ1n) is 10.1. The fourth-order valence-corrected chi connectivity index (χ4v) is 3.52. The van der Waals surface area contributed by atoms with Crippen molar-refractivity contribution in [3.8, 4) is 11.4 Å². The summed E-state index contributed by atoms with van der Waals surface area (Å²) in [4.78, 5) is 16.9. The number of rotatable bonds is 7. The highest BCUT2D eigenvalue weighted by Gasteiger charge is 2.13. The maximum Gasteiger partial charge on any atom is 0.251 e. The summed E-state index contributed by atoms with van der Waals surface area (Å²) in [5.41, 5.74) is 5.39. The summed E-state index contributed by atoms with van der Waals surface area (Å²) in [6, 6.07) is 17.3. The van der Waals surface area contributed by atoms with Crippen LogP contribution in [-0.2, 0) is 13.2 Å². The lowest BCUT2D eigenvalue weighted by molar-refractivity contribution is 0.0950. The molecule has 0 saturated heterocycles. The Morgan fingerprint density at radius 2 is 1.84 bits per heavy atom. The average Bonchev–Trinajstić information content (AvgIpc) is 3.32. The topological polar surface area (TPSA) is 69.0 Å². The second-order valence-corrected chi connectivity index (χ2v) is 7.35. The van der Waals surface area contributed by atoms with Gasteiger partial charge in [0.15, 0.2) is 0 Å². The highest BCUT2D eigenvalue weighted by molar-refractivity contribution is 5.94. The number of para-hydroxylation sites is 1. The number of hydrogen-bond donors (Lipinski definition) is 1. The Morgan fingerprint density at radius 1 is 1.03 bits per heavy atom. The van der Waals surface area contributed by atoms with Crippen molar-refractivity contribution in [1.29, 1.82) is 0 Å². The predicted molar refractivity (Wildman–Crippen MR) is 119 cm³/mol. The number of amides is 1. The molecule has 0 aliphatic rings. The molecule has 2 aromatic carbocycles. The highest BCUT2D eigenvalue weighted by Crippen LogP contribution is 2.26. The number of hydrogen-bond acceptors (Lipinski definition) is 4. The number of ether oxygens (including phenoxy) is 1. The smallest absolute Gasteiger partial charge is 0.251 e. The quantitative estimate of drug-likeness (QED) is 0.489. The van der Waals surface area contributed by atoms with Gasteiger partial charge >= 0.3 is 0 Å². The van der Waals surface area contributed by atoms with Crippen LogP contribution < -0.4 is 10.1 Å². The van der Waals surface area contributed by atoms with Crippen LogP contribution in [0.15, 0.2) is 79.4 Å². The molecule has 4 aromatic rings. The Morgan fingerprint density at radius 3 is 2.55 bits per heavy atom. The molecule has 2 aromatic heterocycles. The molecule has 156 valence electrons. The number of carbonyl (C=O) groups is 1. The van der Waals surface area contributed by atoms with Gasteiger partial charge in [-0.1, -0.05) is 24.3 Å². The molecule has 0 spiro atoms. The van der Waals surface area contributed by atoms with Gasteiger partial charge in [0.05, 0.1) is 5.69 Å². The van der Waals surface area contributed by atoms with Crippen molar-refractivity contribution in [1.82, 2.24) is 20.1 Å². The van der Waals surface area contributed by atoms with E-state index in [-0.39, 0.29) is 5.91 Å². The van der Waals surface area contributed by atoms with Gasteiger partial charge in [0.25, 0.3) is 5.91 Å². The van der Waals surface area contributed by atoms with E-state index in [4.69, 9.17) is 4.74 Å². The molecule has 6 heteroatoms. The monoisotopic (exact) mass is 412 g/mol. The first-order chi connectivity index (χ1) is 15.1. The van der Waals surface area contributed by atoms with Gasteiger partial charge in [-0.25, -0.2) is 4.68 Å². The largest absolute Gasteiger partial charge is 0.488 e. The second kappa shape index (κ2) is 9.26. The van der Waals surface area contributed by atoms with Crippen molar-refractivity contribution in [3.05, 3.63) is 107 Å². The van der Waals surface area contributed by atoms with Gasteiger partial charge in [-0.05, 0) is 60.9 Å². The molecular formula is C25H24N4O2. The molecule has 0 atom stereocenters. The molecule has 0 saturated carbocycles. The minimum absolute atomic E-state index is 0.125. The van der Waals surface area contributed by atoms with Crippen LogP contribution in [0.3, 0.4) is 0 Å². The van der Waals surface area contributed by atoms with Crippen LogP contribution in [0.5, 0.6) is 5.75 Å². The first kappa shape index (κ1) is 20.3. The van der Waals surface area contributed by atoms with E-state index in [0.29, 0.717) is 18.7 Å². The lowest BCUT2D eigenvalue weighted by Gasteiger charge is -2.15. The number of nitrogens with one attached hydrogen (secondary N) is 1. The molecule has 0 bridgehead atoms. The third kappa shape index (κ3) is 4.80. The molecule has 0 aliphatic carbocycles. The molecule has 0 fully saturated rings. The van der Waals surface area contributed by atoms with Crippen molar-refractivity contribution < 1.29 is 9.53 Å². The third-order valence-corrected chi connectivity index (χ3v) is 5.01.